The number of ether oxygens (including phenoxy) is 1. The molecule has 1 amide bonds. The van der Waals surface area contributed by atoms with E-state index in [0.29, 0.717) is 0 Å². The molecule has 0 bridgehead atoms. The molecule has 0 aliphatic rings. The molecule has 1 N–H and O–H groups in total. The predicted octanol–water partition coefficient (Wildman–Crippen LogP) is 2.35. The van der Waals surface area contributed by atoms with Gasteiger partial charge in [-0.25, -0.2) is 9.36 Å². The minimum Gasteiger partial charge on any atom is -0.444 e. The largest absolute Gasteiger partial charge is 0.444 e. The van der Waals surface area contributed by atoms with Crippen LogP contribution in [0, 0.1) is 12.1 Å². The summed E-state index contributed by atoms with van der Waals surface area (Å²) in [6, 6.07) is 0. The smallest absolute Gasteiger partial charge is 0.407 e. The van der Waals surface area contributed by atoms with Crippen molar-refractivity contribution in [2.75, 3.05) is 19.8 Å². The molecule has 1 atom stereocenters. The Morgan fingerprint density at radius 2 is 2.00 bits per heavy atom. The maximum Gasteiger partial charge on any atom is 0.407 e. The Morgan fingerprint density at radius 1 is 1.39 bits per heavy atom. The third-order valence-corrected chi connectivity index (χ3v) is 2.93. The van der Waals surface area contributed by atoms with Gasteiger partial charge < -0.3 is 10.1 Å². The van der Waals surface area contributed by atoms with Gasteiger partial charge in [0.25, 0.3) is 0 Å². The molecule has 0 fully saturated rings. The monoisotopic (exact) mass is 277 g/mol. The van der Waals surface area contributed by atoms with Crippen molar-refractivity contribution in [1.82, 2.24) is 5.32 Å². The molecule has 0 aromatic rings. The Bertz CT molecular complexity index is 355. The molecule has 0 aromatic carbocycles. The Balaban J connectivity index is 3.90. The molecule has 0 aliphatic carbocycles. The second-order valence-electron chi connectivity index (χ2n) is 4.31. The topological polar surface area (TPSA) is 73.9 Å². The van der Waals surface area contributed by atoms with Crippen LogP contribution in [0.1, 0.15) is 27.7 Å². The summed E-state index contributed by atoms with van der Waals surface area (Å²) in [5.74, 6) is 0. The average molecular weight is 277 g/mol. The Hall–Kier alpha value is -1.02. The van der Waals surface area contributed by atoms with Crippen molar-refractivity contribution < 1.29 is 23.1 Å². The molecule has 0 aromatic heterocycles. The lowest BCUT2D eigenvalue weighted by atomic mass is 10.2. The number of alkyl carbamates (subject to hydrolysis) is 1. The van der Waals surface area contributed by atoms with Gasteiger partial charge in [-0.15, -0.1) is 6.42 Å². The van der Waals surface area contributed by atoms with E-state index in [1.165, 1.54) is 0 Å². The van der Waals surface area contributed by atoms with Gasteiger partial charge in [-0.05, 0) is 27.7 Å². The fourth-order valence-electron chi connectivity index (χ4n) is 0.915. The summed E-state index contributed by atoms with van der Waals surface area (Å²) in [6.45, 7) is 7.24. The highest BCUT2D eigenvalue weighted by Gasteiger charge is 2.20. The Labute approximate surface area is 108 Å². The summed E-state index contributed by atoms with van der Waals surface area (Å²) >= 11 is 0. The molecule has 0 saturated heterocycles. The van der Waals surface area contributed by atoms with Gasteiger partial charge in [0.1, 0.15) is 5.60 Å². The average Bonchev–Trinajstić information content (AvgIpc) is 2.22. The molecule has 7 heteroatoms. The number of hydrogen-bond acceptors (Lipinski definition) is 5. The molecule has 0 radical (unpaired) electrons. The van der Waals surface area contributed by atoms with Gasteiger partial charge in [-0.2, -0.15) is 0 Å². The number of carbonyl (C=O) groups is 1. The van der Waals surface area contributed by atoms with E-state index in [9.17, 15) is 9.36 Å². The van der Waals surface area contributed by atoms with Crippen molar-refractivity contribution in [1.29, 1.82) is 0 Å². The summed E-state index contributed by atoms with van der Waals surface area (Å²) in [7, 11) is -3.47. The van der Waals surface area contributed by atoms with Gasteiger partial charge in [-0.3, -0.25) is 9.05 Å². The van der Waals surface area contributed by atoms with E-state index in [1.807, 2.05) is 5.66 Å². The van der Waals surface area contributed by atoms with Crippen LogP contribution in [0.25, 0.3) is 0 Å². The number of nitrogens with one attached hydrogen (secondary N) is 1. The van der Waals surface area contributed by atoms with Crippen LogP contribution in [0.4, 0.5) is 4.79 Å². The maximum absolute atomic E-state index is 11.6. The van der Waals surface area contributed by atoms with Gasteiger partial charge in [0.15, 0.2) is 0 Å². The SMILES string of the molecule is C#CP(=O)(OCC)OCCNC(=O)OC(C)(C)C. The molecule has 18 heavy (non-hydrogen) atoms. The number of carbonyl (C=O) groups excluding carboxylic acids is 1. The van der Waals surface area contributed by atoms with Crippen molar-refractivity contribution in [2.24, 2.45) is 0 Å². The maximum atomic E-state index is 11.6. The molecule has 0 heterocycles. The van der Waals surface area contributed by atoms with Crippen LogP contribution in [0.3, 0.4) is 0 Å². The van der Waals surface area contributed by atoms with Crippen LogP contribution in [-0.2, 0) is 18.3 Å². The van der Waals surface area contributed by atoms with Gasteiger partial charge in [0.2, 0.25) is 0 Å². The first-order valence-electron chi connectivity index (χ1n) is 5.56. The van der Waals surface area contributed by atoms with Crippen molar-refractivity contribution >= 4 is 13.7 Å². The summed E-state index contributed by atoms with van der Waals surface area (Å²) in [5, 5.41) is 2.45. The van der Waals surface area contributed by atoms with Crippen molar-refractivity contribution in [3.63, 3.8) is 0 Å². The number of hydrogen-bond donors (Lipinski definition) is 1. The summed E-state index contributed by atoms with van der Waals surface area (Å²) < 4.78 is 26.4. The Morgan fingerprint density at radius 3 is 2.44 bits per heavy atom. The first-order valence-corrected chi connectivity index (χ1v) is 7.10. The van der Waals surface area contributed by atoms with Crippen molar-refractivity contribution in [3.8, 4) is 12.1 Å². The summed E-state index contributed by atoms with van der Waals surface area (Å²) in [5.41, 5.74) is 1.41. The van der Waals surface area contributed by atoms with Crippen LogP contribution < -0.4 is 5.32 Å². The van der Waals surface area contributed by atoms with Crippen molar-refractivity contribution in [2.45, 2.75) is 33.3 Å². The molecule has 0 saturated carbocycles. The Kier molecular flexibility index (Phi) is 7.00. The summed E-state index contributed by atoms with van der Waals surface area (Å²) in [6.07, 6.45) is 4.47. The number of terminal acetylenes is 1. The van der Waals surface area contributed by atoms with Crippen LogP contribution >= 0.6 is 7.60 Å². The minimum atomic E-state index is -3.47. The normalized spacial score (nSPS) is 14.4. The van der Waals surface area contributed by atoms with Crippen LogP contribution in [-0.4, -0.2) is 31.5 Å². The molecular formula is C11H20NO5P. The standard InChI is InChI=1S/C11H20NO5P/c1-6-15-18(14,7-2)16-9-8-12-10(13)17-11(3,4)5/h2H,6,8-9H2,1,3-5H3,(H,12,13). The van der Waals surface area contributed by atoms with Crippen molar-refractivity contribution in [3.05, 3.63) is 0 Å². The minimum absolute atomic E-state index is 0.0132. The third kappa shape index (κ3) is 8.13. The molecule has 1 unspecified atom stereocenters. The molecule has 6 nitrogen and oxygen atoms in total. The summed E-state index contributed by atoms with van der Waals surface area (Å²) in [4.78, 5) is 11.2. The van der Waals surface area contributed by atoms with Crippen LogP contribution in [0.15, 0.2) is 0 Å². The quantitative estimate of drug-likeness (QED) is 0.458. The van der Waals surface area contributed by atoms with E-state index in [4.69, 9.17) is 20.2 Å². The molecular weight excluding hydrogens is 257 g/mol. The van der Waals surface area contributed by atoms with E-state index < -0.39 is 19.3 Å². The molecule has 0 spiro atoms. The zero-order valence-electron chi connectivity index (χ0n) is 11.2. The number of amides is 1. The number of rotatable bonds is 6. The fraction of sp³-hybridized carbons (Fsp3) is 0.727. The fourth-order valence-corrected chi connectivity index (χ4v) is 1.81. The lowest BCUT2D eigenvalue weighted by Gasteiger charge is -2.19. The van der Waals surface area contributed by atoms with Crippen LogP contribution in [0.2, 0.25) is 0 Å². The van der Waals surface area contributed by atoms with E-state index in [0.717, 1.165) is 0 Å². The van der Waals surface area contributed by atoms with E-state index in [1.54, 1.807) is 27.7 Å². The first-order chi connectivity index (χ1) is 8.22. The first kappa shape index (κ1) is 17.0. The van der Waals surface area contributed by atoms with E-state index in [2.05, 4.69) is 5.32 Å². The van der Waals surface area contributed by atoms with E-state index >= 15 is 0 Å². The highest BCUT2D eigenvalue weighted by Crippen LogP contribution is 2.46. The van der Waals surface area contributed by atoms with Gasteiger partial charge in [0, 0.05) is 12.2 Å². The lowest BCUT2D eigenvalue weighted by molar-refractivity contribution is 0.0518. The zero-order chi connectivity index (χ0) is 14.2. The zero-order valence-corrected chi connectivity index (χ0v) is 12.1. The predicted molar refractivity (Wildman–Crippen MR) is 68.3 cm³/mol. The van der Waals surface area contributed by atoms with E-state index in [-0.39, 0.29) is 19.8 Å². The second-order valence-corrected chi connectivity index (χ2v) is 6.08. The molecule has 0 aliphatic heterocycles. The third-order valence-electron chi connectivity index (χ3n) is 1.49. The second kappa shape index (κ2) is 7.42. The highest BCUT2D eigenvalue weighted by molar-refractivity contribution is 7.59. The van der Waals surface area contributed by atoms with Gasteiger partial charge in [0.05, 0.1) is 13.2 Å². The lowest BCUT2D eigenvalue weighted by Crippen LogP contribution is -2.34. The highest BCUT2D eigenvalue weighted by atomic mass is 31.2. The van der Waals surface area contributed by atoms with Gasteiger partial charge in [-0.1, -0.05) is 0 Å². The molecule has 0 rings (SSSR count). The van der Waals surface area contributed by atoms with Gasteiger partial charge >= 0.3 is 13.7 Å². The van der Waals surface area contributed by atoms with Crippen LogP contribution in [0.5, 0.6) is 0 Å². The molecule has 104 valence electrons.